The van der Waals surface area contributed by atoms with Gasteiger partial charge in [0.05, 0.1) is 25.8 Å². The zero-order chi connectivity index (χ0) is 18.9. The molecule has 0 bridgehead atoms. The molecule has 0 aliphatic carbocycles. The van der Waals surface area contributed by atoms with Gasteiger partial charge in [-0.05, 0) is 29.8 Å². The van der Waals surface area contributed by atoms with Gasteiger partial charge in [-0.2, -0.15) is 13.2 Å². The predicted molar refractivity (Wildman–Crippen MR) is 98.3 cm³/mol. The van der Waals surface area contributed by atoms with Gasteiger partial charge in [0.15, 0.2) is 5.78 Å². The first-order valence-electron chi connectivity index (χ1n) is 6.70. The van der Waals surface area contributed by atoms with Crippen molar-refractivity contribution in [1.82, 2.24) is 0 Å². The van der Waals surface area contributed by atoms with Crippen LogP contribution in [0.4, 0.5) is 13.2 Å². The highest BCUT2D eigenvalue weighted by molar-refractivity contribution is 9.12. The van der Waals surface area contributed by atoms with Crippen molar-refractivity contribution in [2.75, 3.05) is 0 Å². The van der Waals surface area contributed by atoms with Gasteiger partial charge < -0.3 is 5.11 Å². The van der Waals surface area contributed by atoms with Gasteiger partial charge in [0.25, 0.3) is 0 Å². The molecule has 2 unspecified atom stereocenters. The molecule has 0 fully saturated rings. The van der Waals surface area contributed by atoms with E-state index in [0.29, 0.717) is 5.56 Å². The zero-order valence-electron chi connectivity index (χ0n) is 12.1. The molecule has 1 N–H and O–H groups in total. The van der Waals surface area contributed by atoms with Crippen LogP contribution in [-0.4, -0.2) is 15.7 Å². The lowest BCUT2D eigenvalue weighted by molar-refractivity contribution is -0.137. The second-order valence-corrected chi connectivity index (χ2v) is 7.89. The standard InChI is InChI=1S/C16H9Br2Cl2F3O2/c17-12(7-1-3-8(4-2-7)16(21,22)23)13(18)15(25)10-5-9(19)6-11(20)14(10)24/h1-6,12-13,24H. The van der Waals surface area contributed by atoms with Crippen molar-refractivity contribution >= 4 is 60.8 Å². The van der Waals surface area contributed by atoms with Gasteiger partial charge in [-0.25, -0.2) is 0 Å². The third-order valence-corrected chi connectivity index (χ3v) is 6.58. The van der Waals surface area contributed by atoms with Gasteiger partial charge in [-0.3, -0.25) is 4.79 Å². The van der Waals surface area contributed by atoms with E-state index in [1.807, 2.05) is 0 Å². The summed E-state index contributed by atoms with van der Waals surface area (Å²) in [6.07, 6.45) is -4.44. The second kappa shape index (κ2) is 7.86. The smallest absolute Gasteiger partial charge is 0.416 e. The zero-order valence-corrected chi connectivity index (χ0v) is 16.8. The fourth-order valence-electron chi connectivity index (χ4n) is 2.06. The Hall–Kier alpha value is -0.760. The second-order valence-electron chi connectivity index (χ2n) is 5.07. The largest absolute Gasteiger partial charge is 0.506 e. The number of hydrogen-bond acceptors (Lipinski definition) is 2. The maximum absolute atomic E-state index is 12.6. The van der Waals surface area contributed by atoms with E-state index >= 15 is 0 Å². The lowest BCUT2D eigenvalue weighted by Crippen LogP contribution is -2.19. The van der Waals surface area contributed by atoms with Crippen LogP contribution in [0.2, 0.25) is 10.0 Å². The highest BCUT2D eigenvalue weighted by Crippen LogP contribution is 2.38. The molecule has 2 rings (SSSR count). The topological polar surface area (TPSA) is 37.3 Å². The molecule has 0 amide bonds. The molecule has 0 heterocycles. The van der Waals surface area contributed by atoms with Gasteiger partial charge in [0.2, 0.25) is 0 Å². The number of hydrogen-bond donors (Lipinski definition) is 1. The lowest BCUT2D eigenvalue weighted by Gasteiger charge is -2.18. The van der Waals surface area contributed by atoms with Crippen molar-refractivity contribution in [1.29, 1.82) is 0 Å². The summed E-state index contributed by atoms with van der Waals surface area (Å²) in [6.45, 7) is 0. The summed E-state index contributed by atoms with van der Waals surface area (Å²) >= 11 is 18.1. The van der Waals surface area contributed by atoms with Crippen molar-refractivity contribution in [2.24, 2.45) is 0 Å². The Morgan fingerprint density at radius 3 is 2.16 bits per heavy atom. The van der Waals surface area contributed by atoms with E-state index in [0.717, 1.165) is 12.1 Å². The minimum absolute atomic E-state index is 0.0730. The number of carbonyl (C=O) groups is 1. The van der Waals surface area contributed by atoms with Crippen LogP contribution in [0.15, 0.2) is 36.4 Å². The van der Waals surface area contributed by atoms with Crippen LogP contribution in [0.5, 0.6) is 5.75 Å². The Bertz CT molecular complexity index is 795. The third kappa shape index (κ3) is 4.70. The number of ketones is 1. The minimum Gasteiger partial charge on any atom is -0.506 e. The van der Waals surface area contributed by atoms with Crippen molar-refractivity contribution < 1.29 is 23.1 Å². The van der Waals surface area contributed by atoms with Crippen LogP contribution < -0.4 is 0 Å². The van der Waals surface area contributed by atoms with Crippen LogP contribution in [0.25, 0.3) is 0 Å². The fourth-order valence-corrected chi connectivity index (χ4v) is 3.65. The first-order chi connectivity index (χ1) is 11.5. The normalized spacial score (nSPS) is 14.2. The summed E-state index contributed by atoms with van der Waals surface area (Å²) in [7, 11) is 0. The number of phenols is 1. The number of halogens is 7. The molecule has 2 atom stereocenters. The monoisotopic (exact) mass is 518 g/mol. The van der Waals surface area contributed by atoms with E-state index in [9.17, 15) is 23.1 Å². The quantitative estimate of drug-likeness (QED) is 0.355. The Morgan fingerprint density at radius 1 is 1.08 bits per heavy atom. The highest BCUT2D eigenvalue weighted by atomic mass is 79.9. The van der Waals surface area contributed by atoms with Gasteiger partial charge >= 0.3 is 6.18 Å². The molecule has 0 aliphatic heterocycles. The predicted octanol–water partition coefficient (Wildman–Crippen LogP) is 6.80. The number of aromatic hydroxyl groups is 1. The first-order valence-corrected chi connectivity index (χ1v) is 9.28. The molecule has 134 valence electrons. The molecule has 0 aliphatic rings. The van der Waals surface area contributed by atoms with Crippen LogP contribution in [0.3, 0.4) is 0 Å². The Balaban J connectivity index is 2.28. The summed E-state index contributed by atoms with van der Waals surface area (Å²) in [5.41, 5.74) is -0.417. The van der Waals surface area contributed by atoms with E-state index < -0.39 is 32.9 Å². The average molecular weight is 521 g/mol. The molecule has 0 saturated carbocycles. The van der Waals surface area contributed by atoms with Gasteiger partial charge in [-0.15, -0.1) is 0 Å². The summed E-state index contributed by atoms with van der Waals surface area (Å²) in [6, 6.07) is 6.97. The molecule has 0 saturated heterocycles. The summed E-state index contributed by atoms with van der Waals surface area (Å²) in [5.74, 6) is -0.934. The molecule has 2 aromatic rings. The molecular formula is C16H9Br2Cl2F3O2. The van der Waals surface area contributed by atoms with Crippen molar-refractivity contribution in [3.05, 3.63) is 63.1 Å². The number of rotatable bonds is 4. The maximum atomic E-state index is 12.6. The van der Waals surface area contributed by atoms with Crippen LogP contribution in [-0.2, 0) is 6.18 Å². The summed E-state index contributed by atoms with van der Waals surface area (Å²) in [5, 5.41) is 10.0. The minimum atomic E-state index is -4.44. The van der Waals surface area contributed by atoms with E-state index in [1.165, 1.54) is 24.3 Å². The number of Topliss-reactive ketones (excluding diaryl/α,β-unsaturated/α-hetero) is 1. The van der Waals surface area contributed by atoms with Crippen molar-refractivity contribution in [3.8, 4) is 5.75 Å². The van der Waals surface area contributed by atoms with Crippen molar-refractivity contribution in [2.45, 2.75) is 15.8 Å². The molecule has 2 nitrogen and oxygen atoms in total. The van der Waals surface area contributed by atoms with Crippen LogP contribution >= 0.6 is 55.1 Å². The molecular weight excluding hydrogens is 512 g/mol. The molecule has 25 heavy (non-hydrogen) atoms. The maximum Gasteiger partial charge on any atom is 0.416 e. The average Bonchev–Trinajstić information content (AvgIpc) is 2.55. The summed E-state index contributed by atoms with van der Waals surface area (Å²) < 4.78 is 37.9. The Labute approximate surface area is 168 Å². The third-order valence-electron chi connectivity index (χ3n) is 3.36. The van der Waals surface area contributed by atoms with Gasteiger partial charge in [0, 0.05) is 5.02 Å². The number of phenolic OH excluding ortho intramolecular Hbond substituents is 1. The number of alkyl halides is 5. The lowest BCUT2D eigenvalue weighted by atomic mass is 10.0. The summed E-state index contributed by atoms with van der Waals surface area (Å²) in [4.78, 5) is 11.1. The molecule has 9 heteroatoms. The van der Waals surface area contributed by atoms with E-state index in [4.69, 9.17) is 23.2 Å². The fraction of sp³-hybridized carbons (Fsp3) is 0.188. The van der Waals surface area contributed by atoms with Crippen LogP contribution in [0, 0.1) is 0 Å². The van der Waals surface area contributed by atoms with E-state index in [-0.39, 0.29) is 15.6 Å². The Kier molecular flexibility index (Phi) is 6.46. The van der Waals surface area contributed by atoms with E-state index in [1.54, 1.807) is 0 Å². The van der Waals surface area contributed by atoms with Crippen LogP contribution in [0.1, 0.15) is 26.3 Å². The number of benzene rings is 2. The molecule has 0 radical (unpaired) electrons. The Morgan fingerprint density at radius 2 is 1.64 bits per heavy atom. The highest BCUT2D eigenvalue weighted by Gasteiger charge is 2.32. The van der Waals surface area contributed by atoms with Gasteiger partial charge in [0.1, 0.15) is 5.75 Å². The van der Waals surface area contributed by atoms with E-state index in [2.05, 4.69) is 31.9 Å². The molecule has 0 aromatic heterocycles. The molecule has 2 aromatic carbocycles. The SMILES string of the molecule is O=C(c1cc(Cl)cc(Cl)c1O)C(Br)C(Br)c1ccc(C(F)(F)F)cc1. The molecule has 0 spiro atoms. The van der Waals surface area contributed by atoms with Crippen molar-refractivity contribution in [3.63, 3.8) is 0 Å². The first kappa shape index (κ1) is 20.6. The van der Waals surface area contributed by atoms with Gasteiger partial charge in [-0.1, -0.05) is 67.2 Å². The number of carbonyl (C=O) groups excluding carboxylic acids is 1.